The maximum atomic E-state index is 14.0. The first-order chi connectivity index (χ1) is 9.58. The highest BCUT2D eigenvalue weighted by Crippen LogP contribution is 2.30. The minimum absolute atomic E-state index is 0.00259. The predicted octanol–water partition coefficient (Wildman–Crippen LogP) is 4.55. The standard InChI is InChI=1S/C17H26BrFN2/c1-11(14-8-12(18)6-7-15(14)19)20-13-9-16(2,3)21-17(4,5)10-13/h6-8,11,13,20-21H,9-10H2,1-5H3. The number of rotatable bonds is 3. The van der Waals surface area contributed by atoms with Crippen molar-refractivity contribution >= 4 is 15.9 Å². The SMILES string of the molecule is CC(NC1CC(C)(C)NC(C)(C)C1)c1cc(Br)ccc1F. The van der Waals surface area contributed by atoms with Crippen LogP contribution in [0.5, 0.6) is 0 Å². The molecule has 2 nitrogen and oxygen atoms in total. The summed E-state index contributed by atoms with van der Waals surface area (Å²) in [7, 11) is 0. The molecule has 0 spiro atoms. The Balaban J connectivity index is 2.12. The fourth-order valence-electron chi connectivity index (χ4n) is 3.73. The Hall–Kier alpha value is -0.450. The third-order valence-corrected chi connectivity index (χ3v) is 4.59. The molecule has 1 aromatic carbocycles. The van der Waals surface area contributed by atoms with Gasteiger partial charge in [-0.3, -0.25) is 0 Å². The second kappa shape index (κ2) is 5.98. The van der Waals surface area contributed by atoms with Gasteiger partial charge in [-0.15, -0.1) is 0 Å². The summed E-state index contributed by atoms with van der Waals surface area (Å²) < 4.78 is 14.9. The normalized spacial score (nSPS) is 23.0. The molecule has 2 rings (SSSR count). The zero-order valence-corrected chi connectivity index (χ0v) is 15.1. The fraction of sp³-hybridized carbons (Fsp3) is 0.647. The molecule has 0 bridgehead atoms. The van der Waals surface area contributed by atoms with E-state index in [1.54, 1.807) is 6.07 Å². The number of hydrogen-bond acceptors (Lipinski definition) is 2. The Morgan fingerprint density at radius 2 is 1.81 bits per heavy atom. The first kappa shape index (κ1) is 16.9. The highest BCUT2D eigenvalue weighted by atomic mass is 79.9. The highest BCUT2D eigenvalue weighted by Gasteiger charge is 2.38. The van der Waals surface area contributed by atoms with E-state index in [4.69, 9.17) is 0 Å². The summed E-state index contributed by atoms with van der Waals surface area (Å²) >= 11 is 3.42. The molecule has 21 heavy (non-hydrogen) atoms. The molecular weight excluding hydrogens is 331 g/mol. The predicted molar refractivity (Wildman–Crippen MR) is 90.0 cm³/mol. The maximum absolute atomic E-state index is 14.0. The van der Waals surface area contributed by atoms with E-state index in [9.17, 15) is 4.39 Å². The van der Waals surface area contributed by atoms with Gasteiger partial charge in [0.25, 0.3) is 0 Å². The average Bonchev–Trinajstić information content (AvgIpc) is 2.27. The topological polar surface area (TPSA) is 24.1 Å². The second-order valence-corrected chi connectivity index (χ2v) is 8.47. The Bertz CT molecular complexity index is 498. The van der Waals surface area contributed by atoms with Crippen LogP contribution in [0.1, 0.15) is 59.1 Å². The lowest BCUT2D eigenvalue weighted by Crippen LogP contribution is -2.61. The fourth-order valence-corrected chi connectivity index (χ4v) is 4.11. The van der Waals surface area contributed by atoms with Gasteiger partial charge in [-0.25, -0.2) is 4.39 Å². The van der Waals surface area contributed by atoms with E-state index in [0.717, 1.165) is 22.9 Å². The van der Waals surface area contributed by atoms with Crippen molar-refractivity contribution in [3.05, 3.63) is 34.1 Å². The van der Waals surface area contributed by atoms with Gasteiger partial charge in [0.05, 0.1) is 0 Å². The van der Waals surface area contributed by atoms with Crippen molar-refractivity contribution in [3.8, 4) is 0 Å². The third kappa shape index (κ3) is 4.51. The van der Waals surface area contributed by atoms with Crippen LogP contribution in [0.3, 0.4) is 0 Å². The first-order valence-corrected chi connectivity index (χ1v) is 8.38. The van der Waals surface area contributed by atoms with Crippen LogP contribution in [0.4, 0.5) is 4.39 Å². The molecule has 1 atom stereocenters. The Labute approximate surface area is 136 Å². The van der Waals surface area contributed by atoms with Gasteiger partial charge in [0.1, 0.15) is 5.82 Å². The second-order valence-electron chi connectivity index (χ2n) is 7.55. The van der Waals surface area contributed by atoms with E-state index in [-0.39, 0.29) is 22.9 Å². The zero-order chi connectivity index (χ0) is 15.8. The largest absolute Gasteiger partial charge is 0.307 e. The lowest BCUT2D eigenvalue weighted by molar-refractivity contribution is 0.140. The highest BCUT2D eigenvalue weighted by molar-refractivity contribution is 9.10. The Morgan fingerprint density at radius 1 is 1.24 bits per heavy atom. The van der Waals surface area contributed by atoms with Gasteiger partial charge in [-0.05, 0) is 65.7 Å². The van der Waals surface area contributed by atoms with Gasteiger partial charge >= 0.3 is 0 Å². The van der Waals surface area contributed by atoms with Gasteiger partial charge in [0.15, 0.2) is 0 Å². The van der Waals surface area contributed by atoms with Gasteiger partial charge in [0.2, 0.25) is 0 Å². The summed E-state index contributed by atoms with van der Waals surface area (Å²) in [5.74, 6) is -0.148. The van der Waals surface area contributed by atoms with Crippen molar-refractivity contribution in [2.45, 2.75) is 70.6 Å². The molecule has 0 aromatic heterocycles. The van der Waals surface area contributed by atoms with Crippen LogP contribution in [-0.2, 0) is 0 Å². The summed E-state index contributed by atoms with van der Waals surface area (Å²) in [5.41, 5.74) is 0.905. The molecule has 1 aliphatic heterocycles. The molecule has 1 aliphatic rings. The molecular formula is C17H26BrFN2. The van der Waals surface area contributed by atoms with E-state index < -0.39 is 0 Å². The molecule has 4 heteroatoms. The van der Waals surface area contributed by atoms with E-state index in [1.807, 2.05) is 13.0 Å². The molecule has 1 heterocycles. The molecule has 118 valence electrons. The third-order valence-electron chi connectivity index (χ3n) is 4.10. The Morgan fingerprint density at radius 3 is 2.38 bits per heavy atom. The summed E-state index contributed by atoms with van der Waals surface area (Å²) in [6, 6.07) is 5.50. The van der Waals surface area contributed by atoms with Crippen molar-refractivity contribution in [1.29, 1.82) is 0 Å². The quantitative estimate of drug-likeness (QED) is 0.830. The Kier molecular flexibility index (Phi) is 4.81. The number of halogens is 2. The first-order valence-electron chi connectivity index (χ1n) is 7.58. The number of piperidine rings is 1. The number of nitrogens with one attached hydrogen (secondary N) is 2. The number of hydrogen-bond donors (Lipinski definition) is 2. The average molecular weight is 357 g/mol. The van der Waals surface area contributed by atoms with Gasteiger partial charge in [-0.1, -0.05) is 15.9 Å². The van der Waals surface area contributed by atoms with Gasteiger partial charge in [0, 0.05) is 33.2 Å². The van der Waals surface area contributed by atoms with Crippen molar-refractivity contribution in [3.63, 3.8) is 0 Å². The molecule has 1 fully saturated rings. The molecule has 2 N–H and O–H groups in total. The van der Waals surface area contributed by atoms with Crippen LogP contribution < -0.4 is 10.6 Å². The van der Waals surface area contributed by atoms with Crippen LogP contribution in [0.25, 0.3) is 0 Å². The van der Waals surface area contributed by atoms with Crippen molar-refractivity contribution < 1.29 is 4.39 Å². The summed E-state index contributed by atoms with van der Waals surface area (Å²) in [6.07, 6.45) is 2.08. The lowest BCUT2D eigenvalue weighted by atomic mass is 9.79. The summed E-state index contributed by atoms with van der Waals surface area (Å²) in [4.78, 5) is 0. The molecule has 0 aliphatic carbocycles. The van der Waals surface area contributed by atoms with Crippen LogP contribution >= 0.6 is 15.9 Å². The summed E-state index contributed by atoms with van der Waals surface area (Å²) in [6.45, 7) is 11.0. The van der Waals surface area contributed by atoms with Gasteiger partial charge in [-0.2, -0.15) is 0 Å². The summed E-state index contributed by atoms with van der Waals surface area (Å²) in [5, 5.41) is 7.29. The monoisotopic (exact) mass is 356 g/mol. The van der Waals surface area contributed by atoms with E-state index in [1.165, 1.54) is 6.07 Å². The smallest absolute Gasteiger partial charge is 0.128 e. The maximum Gasteiger partial charge on any atom is 0.128 e. The molecule has 1 saturated heterocycles. The van der Waals surface area contributed by atoms with Crippen molar-refractivity contribution in [2.24, 2.45) is 0 Å². The molecule has 1 aromatic rings. The molecule has 0 saturated carbocycles. The van der Waals surface area contributed by atoms with Crippen LogP contribution in [0.2, 0.25) is 0 Å². The van der Waals surface area contributed by atoms with Crippen LogP contribution in [0.15, 0.2) is 22.7 Å². The molecule has 0 radical (unpaired) electrons. The minimum atomic E-state index is -0.148. The molecule has 1 unspecified atom stereocenters. The van der Waals surface area contributed by atoms with E-state index in [0.29, 0.717) is 6.04 Å². The lowest BCUT2D eigenvalue weighted by Gasteiger charge is -2.47. The van der Waals surface area contributed by atoms with Gasteiger partial charge < -0.3 is 10.6 Å². The van der Waals surface area contributed by atoms with Crippen LogP contribution in [-0.4, -0.2) is 17.1 Å². The molecule has 0 amide bonds. The minimum Gasteiger partial charge on any atom is -0.307 e. The number of benzene rings is 1. The van der Waals surface area contributed by atoms with Crippen LogP contribution in [0, 0.1) is 5.82 Å². The van der Waals surface area contributed by atoms with Crippen molar-refractivity contribution in [1.82, 2.24) is 10.6 Å². The van der Waals surface area contributed by atoms with E-state index in [2.05, 4.69) is 54.3 Å². The van der Waals surface area contributed by atoms with E-state index >= 15 is 0 Å². The zero-order valence-electron chi connectivity index (χ0n) is 13.6. The van der Waals surface area contributed by atoms with Crippen molar-refractivity contribution in [2.75, 3.05) is 0 Å².